The van der Waals surface area contributed by atoms with E-state index in [-0.39, 0.29) is 29.3 Å². The lowest BCUT2D eigenvalue weighted by molar-refractivity contribution is 0.0689. The number of carbonyl (C=O) groups is 2. The van der Waals surface area contributed by atoms with Crippen molar-refractivity contribution in [2.45, 2.75) is 60.9 Å². The molecule has 0 radical (unpaired) electrons. The fraction of sp³-hybridized carbons (Fsp3) is 0.333. The predicted molar refractivity (Wildman–Crippen MR) is 215 cm³/mol. The second-order valence-corrected chi connectivity index (χ2v) is 17.7. The number of anilines is 1. The zero-order valence-electron chi connectivity index (χ0n) is 31.8. The summed E-state index contributed by atoms with van der Waals surface area (Å²) in [4.78, 5) is 35.9. The monoisotopic (exact) mass is 777 g/mol. The van der Waals surface area contributed by atoms with Crippen LogP contribution in [0.25, 0.3) is 0 Å². The maximum absolute atomic E-state index is 13.6. The molecule has 4 aromatic carbocycles. The third-order valence-electron chi connectivity index (χ3n) is 10.5. The van der Waals surface area contributed by atoms with Gasteiger partial charge in [-0.2, -0.15) is 4.31 Å². The van der Waals surface area contributed by atoms with Gasteiger partial charge in [0.2, 0.25) is 10.0 Å². The van der Waals surface area contributed by atoms with Gasteiger partial charge in [-0.25, -0.2) is 13.1 Å². The van der Waals surface area contributed by atoms with Crippen LogP contribution >= 0.6 is 11.8 Å². The third kappa shape index (κ3) is 8.79. The van der Waals surface area contributed by atoms with Gasteiger partial charge >= 0.3 is 0 Å². The summed E-state index contributed by atoms with van der Waals surface area (Å²) in [6, 6.07) is 29.1. The van der Waals surface area contributed by atoms with E-state index in [9.17, 15) is 18.0 Å². The molecule has 0 aliphatic carbocycles. The minimum atomic E-state index is -3.67. The lowest BCUT2D eigenvalue weighted by Crippen LogP contribution is -2.48. The lowest BCUT2D eigenvalue weighted by atomic mass is 10.0. The minimum absolute atomic E-state index is 0.0376. The Morgan fingerprint density at radius 3 is 2.02 bits per heavy atom. The van der Waals surface area contributed by atoms with E-state index in [0.717, 1.165) is 24.3 Å². The number of aromatic nitrogens is 3. The summed E-state index contributed by atoms with van der Waals surface area (Å²) in [5.74, 6) is -0.160. The number of hydrogen-bond donors (Lipinski definition) is 0. The molecule has 0 saturated carbocycles. The topological polar surface area (TPSA) is 112 Å². The fourth-order valence-corrected chi connectivity index (χ4v) is 9.21. The molecule has 0 spiro atoms. The van der Waals surface area contributed by atoms with Crippen molar-refractivity contribution in [3.63, 3.8) is 0 Å². The van der Waals surface area contributed by atoms with Gasteiger partial charge in [0.25, 0.3) is 11.8 Å². The van der Waals surface area contributed by atoms with Gasteiger partial charge in [0, 0.05) is 72.9 Å². The average molecular weight is 778 g/mol. The van der Waals surface area contributed by atoms with Gasteiger partial charge in [-0.15, -0.1) is 5.10 Å². The summed E-state index contributed by atoms with van der Waals surface area (Å²) in [5, 5.41) is 8.55. The van der Waals surface area contributed by atoms with E-state index in [1.807, 2.05) is 16.7 Å². The molecule has 13 heteroatoms. The molecule has 2 fully saturated rings. The molecule has 0 N–H and O–H groups in total. The summed E-state index contributed by atoms with van der Waals surface area (Å²) in [7, 11) is -2.13. The molecule has 2 amide bonds. The molecule has 286 valence electrons. The normalized spacial score (nSPS) is 15.5. The SMILES string of the molecule is Cc1ccc(S(=O)(=O)N(C)Cc2cn(C3CCN(C(=O)c4cccc(C(=O)N5CCN(c6ccc(Sc7ccc(C)cc7C)cc6)CC5)c4)CC3)nn2)cc1. The summed E-state index contributed by atoms with van der Waals surface area (Å²) in [5.41, 5.74) is 6.26. The maximum Gasteiger partial charge on any atom is 0.253 e. The van der Waals surface area contributed by atoms with Crippen LogP contribution in [-0.4, -0.2) is 95.6 Å². The van der Waals surface area contributed by atoms with Crippen molar-refractivity contribution in [3.05, 3.63) is 131 Å². The maximum atomic E-state index is 13.6. The lowest BCUT2D eigenvalue weighted by Gasteiger charge is -2.36. The first kappa shape index (κ1) is 38.3. The van der Waals surface area contributed by atoms with Crippen LogP contribution in [-0.2, 0) is 16.6 Å². The summed E-state index contributed by atoms with van der Waals surface area (Å²) >= 11 is 1.77. The highest BCUT2D eigenvalue weighted by atomic mass is 32.2. The number of piperidine rings is 1. The number of piperazine rings is 1. The van der Waals surface area contributed by atoms with Crippen LogP contribution < -0.4 is 4.90 Å². The van der Waals surface area contributed by atoms with Crippen LogP contribution in [0.3, 0.4) is 0 Å². The van der Waals surface area contributed by atoms with Gasteiger partial charge in [0.05, 0.1) is 29.4 Å². The second-order valence-electron chi connectivity index (χ2n) is 14.5. The Labute approximate surface area is 328 Å². The number of likely N-dealkylation sites (tertiary alicyclic amines) is 1. The summed E-state index contributed by atoms with van der Waals surface area (Å²) < 4.78 is 29.1. The van der Waals surface area contributed by atoms with Crippen molar-refractivity contribution in [1.29, 1.82) is 0 Å². The Kier molecular flexibility index (Phi) is 11.4. The molecule has 5 aromatic rings. The smallest absolute Gasteiger partial charge is 0.253 e. The van der Waals surface area contributed by atoms with Crippen LogP contribution in [0.5, 0.6) is 0 Å². The Balaban J connectivity index is 0.891. The fourth-order valence-electron chi connectivity index (χ4n) is 7.19. The highest BCUT2D eigenvalue weighted by Crippen LogP contribution is 2.32. The first-order valence-electron chi connectivity index (χ1n) is 18.7. The summed E-state index contributed by atoms with van der Waals surface area (Å²) in [6.45, 7) is 10.0. The van der Waals surface area contributed by atoms with Gasteiger partial charge in [-0.05, 0) is 99.8 Å². The zero-order valence-corrected chi connectivity index (χ0v) is 33.4. The number of sulfonamides is 1. The van der Waals surface area contributed by atoms with Crippen LogP contribution in [0.1, 0.15) is 62.0 Å². The Hall–Kier alpha value is -4.98. The highest BCUT2D eigenvalue weighted by Gasteiger charge is 2.28. The van der Waals surface area contributed by atoms with E-state index >= 15 is 0 Å². The number of aryl methyl sites for hydroxylation is 3. The molecule has 55 heavy (non-hydrogen) atoms. The van der Waals surface area contributed by atoms with Crippen LogP contribution in [0, 0.1) is 20.8 Å². The van der Waals surface area contributed by atoms with E-state index in [0.29, 0.717) is 55.8 Å². The van der Waals surface area contributed by atoms with E-state index < -0.39 is 10.0 Å². The van der Waals surface area contributed by atoms with Crippen molar-refractivity contribution in [3.8, 4) is 0 Å². The molecule has 3 heterocycles. The largest absolute Gasteiger partial charge is 0.368 e. The molecular weight excluding hydrogens is 731 g/mol. The number of rotatable bonds is 10. The Morgan fingerprint density at radius 1 is 0.764 bits per heavy atom. The summed E-state index contributed by atoms with van der Waals surface area (Å²) in [6.07, 6.45) is 3.16. The number of benzene rings is 4. The molecule has 0 unspecified atom stereocenters. The van der Waals surface area contributed by atoms with Crippen LogP contribution in [0.2, 0.25) is 0 Å². The Bertz CT molecular complexity index is 2260. The first-order chi connectivity index (χ1) is 26.4. The standard InChI is InChI=1S/C42H47N7O4S2/c1-30-8-15-39(16-9-30)55(52,53)45(4)28-35-29-49(44-43-35)37-18-20-47(21-19-37)41(50)33-6-5-7-34(27-33)42(51)48-24-22-46(23-25-48)36-11-13-38(14-12-36)54-40-17-10-31(2)26-32(40)3/h5-17,26-27,29,37H,18-25,28H2,1-4H3. The van der Waals surface area contributed by atoms with Crippen LogP contribution in [0.15, 0.2) is 112 Å². The van der Waals surface area contributed by atoms with Gasteiger partial charge in [-0.3, -0.25) is 9.59 Å². The van der Waals surface area contributed by atoms with Crippen molar-refractivity contribution in [1.82, 2.24) is 29.1 Å². The number of carbonyl (C=O) groups excluding carboxylic acids is 2. The highest BCUT2D eigenvalue weighted by molar-refractivity contribution is 7.99. The second kappa shape index (κ2) is 16.4. The average Bonchev–Trinajstić information content (AvgIpc) is 3.67. The molecule has 2 aliphatic rings. The molecule has 2 saturated heterocycles. The van der Waals surface area contributed by atoms with E-state index in [1.54, 1.807) is 71.2 Å². The molecule has 1 aromatic heterocycles. The number of hydrogen-bond acceptors (Lipinski definition) is 8. The van der Waals surface area contributed by atoms with Crippen molar-refractivity contribution >= 4 is 39.3 Å². The molecular formula is C42H47N7O4S2. The third-order valence-corrected chi connectivity index (χ3v) is 13.5. The van der Waals surface area contributed by atoms with Crippen molar-refractivity contribution in [2.24, 2.45) is 0 Å². The number of amides is 2. The molecule has 11 nitrogen and oxygen atoms in total. The molecule has 2 aliphatic heterocycles. The van der Waals surface area contributed by atoms with E-state index in [4.69, 9.17) is 0 Å². The predicted octanol–water partition coefficient (Wildman–Crippen LogP) is 6.61. The molecule has 0 bridgehead atoms. The van der Waals surface area contributed by atoms with E-state index in [1.165, 1.54) is 32.3 Å². The zero-order chi connectivity index (χ0) is 38.7. The molecule has 7 rings (SSSR count). The van der Waals surface area contributed by atoms with Crippen molar-refractivity contribution in [2.75, 3.05) is 51.2 Å². The van der Waals surface area contributed by atoms with Gasteiger partial charge < -0.3 is 14.7 Å². The first-order valence-corrected chi connectivity index (χ1v) is 20.9. The van der Waals surface area contributed by atoms with Crippen LogP contribution in [0.4, 0.5) is 5.69 Å². The van der Waals surface area contributed by atoms with Crippen molar-refractivity contribution < 1.29 is 18.0 Å². The Morgan fingerprint density at radius 2 is 1.38 bits per heavy atom. The molecule has 0 atom stereocenters. The minimum Gasteiger partial charge on any atom is -0.368 e. The van der Waals surface area contributed by atoms with Gasteiger partial charge in [0.1, 0.15) is 0 Å². The van der Waals surface area contributed by atoms with Gasteiger partial charge in [0.15, 0.2) is 0 Å². The van der Waals surface area contributed by atoms with E-state index in [2.05, 4.69) is 71.5 Å². The van der Waals surface area contributed by atoms with Gasteiger partial charge in [-0.1, -0.05) is 58.4 Å². The quantitative estimate of drug-likeness (QED) is 0.156. The number of nitrogens with zero attached hydrogens (tertiary/aromatic N) is 7.